The first-order chi connectivity index (χ1) is 16.7. The molecule has 3 atom stereocenters. The molecule has 0 bridgehead atoms. The van der Waals surface area contributed by atoms with Crippen LogP contribution in [0.1, 0.15) is 97.9 Å². The fourth-order valence-electron chi connectivity index (χ4n) is 5.36. The molecule has 35 heavy (non-hydrogen) atoms. The molecular weight excluding hydrogens is 457 g/mol. The average molecular weight is 487 g/mol. The van der Waals surface area contributed by atoms with Crippen LogP contribution < -0.4 is 0 Å². The molecule has 0 radical (unpaired) electrons. The molecule has 6 rings (SSSR count). The lowest BCUT2D eigenvalue weighted by Crippen LogP contribution is -2.35. The maximum Gasteiger partial charge on any atom is 0.391 e. The molecule has 2 saturated carbocycles. The number of ether oxygens (including phenoxy) is 1. The Morgan fingerprint density at radius 3 is 2.40 bits per heavy atom. The smallest absolute Gasteiger partial charge is 0.370 e. The van der Waals surface area contributed by atoms with Crippen molar-refractivity contribution in [1.29, 1.82) is 0 Å². The Labute approximate surface area is 201 Å². The lowest BCUT2D eigenvalue weighted by Gasteiger charge is -2.37. The van der Waals surface area contributed by atoms with Crippen molar-refractivity contribution in [3.63, 3.8) is 0 Å². The van der Waals surface area contributed by atoms with Gasteiger partial charge in [0.1, 0.15) is 11.3 Å². The molecule has 0 aromatic carbocycles. The predicted molar refractivity (Wildman–Crippen MR) is 122 cm³/mol. The second kappa shape index (κ2) is 8.21. The van der Waals surface area contributed by atoms with Gasteiger partial charge in [0.25, 0.3) is 0 Å². The molecule has 3 aromatic heterocycles. The predicted octanol–water partition coefficient (Wildman–Crippen LogP) is 5.65. The Hall–Kier alpha value is -2.62. The van der Waals surface area contributed by atoms with E-state index in [9.17, 15) is 13.2 Å². The standard InChI is InChI=1S/C25H29F3N6O/c1-12-6-16(9-20(35-12)17-10-29-34(11-17)19-4-5-19)23-32-21(15-7-18(8-15)25(26,27)28)22-24(33-23)31-14(3)13(2)30-22/h10-12,15-16,18-20H,4-9H2,1-3H3/t12-,15?,16+,18?,20+/m1/s1. The number of aryl methyl sites for hydroxylation is 2. The molecule has 0 unspecified atom stereocenters. The number of rotatable bonds is 4. The third kappa shape index (κ3) is 4.30. The van der Waals surface area contributed by atoms with Gasteiger partial charge in [0.05, 0.1) is 47.4 Å². The number of fused-ring (bicyclic) bond motifs is 1. The molecule has 4 heterocycles. The zero-order valence-electron chi connectivity index (χ0n) is 20.1. The molecule has 3 aromatic rings. The summed E-state index contributed by atoms with van der Waals surface area (Å²) in [5.74, 6) is -0.920. The first kappa shape index (κ1) is 22.8. The van der Waals surface area contributed by atoms with Crippen LogP contribution >= 0.6 is 0 Å². The quantitative estimate of drug-likeness (QED) is 0.474. The SMILES string of the molecule is Cc1nc2nc([C@H]3C[C@@H](C)O[C@H](c4cnn(C5CC5)c4)C3)nc(C3CC(C(F)(F)F)C3)c2nc1C. The van der Waals surface area contributed by atoms with Gasteiger partial charge in [-0.05, 0) is 59.3 Å². The molecule has 1 saturated heterocycles. The monoisotopic (exact) mass is 486 g/mol. The van der Waals surface area contributed by atoms with E-state index in [2.05, 4.69) is 21.3 Å². The molecule has 10 heteroatoms. The molecule has 1 aliphatic heterocycles. The first-order valence-corrected chi connectivity index (χ1v) is 12.4. The van der Waals surface area contributed by atoms with Crippen LogP contribution in [0.3, 0.4) is 0 Å². The summed E-state index contributed by atoms with van der Waals surface area (Å²) in [7, 11) is 0. The van der Waals surface area contributed by atoms with Crippen LogP contribution in [-0.2, 0) is 4.74 Å². The summed E-state index contributed by atoms with van der Waals surface area (Å²) in [6, 6.07) is 0.500. The molecule has 2 aliphatic carbocycles. The summed E-state index contributed by atoms with van der Waals surface area (Å²) in [5, 5.41) is 4.51. The van der Waals surface area contributed by atoms with Crippen LogP contribution in [0, 0.1) is 19.8 Å². The Balaban J connectivity index is 1.34. The Morgan fingerprint density at radius 1 is 0.943 bits per heavy atom. The van der Waals surface area contributed by atoms with E-state index in [1.54, 1.807) is 0 Å². The van der Waals surface area contributed by atoms with Crippen molar-refractivity contribution in [2.45, 2.75) is 95.6 Å². The number of alkyl halides is 3. The zero-order valence-corrected chi connectivity index (χ0v) is 20.1. The highest BCUT2D eigenvalue weighted by atomic mass is 19.4. The van der Waals surface area contributed by atoms with Gasteiger partial charge in [-0.15, -0.1) is 0 Å². The summed E-state index contributed by atoms with van der Waals surface area (Å²) >= 11 is 0. The van der Waals surface area contributed by atoms with Crippen molar-refractivity contribution < 1.29 is 17.9 Å². The highest BCUT2D eigenvalue weighted by molar-refractivity contribution is 5.73. The van der Waals surface area contributed by atoms with Gasteiger partial charge in [0, 0.05) is 23.6 Å². The maximum atomic E-state index is 13.2. The van der Waals surface area contributed by atoms with Crippen molar-refractivity contribution in [3.8, 4) is 0 Å². The van der Waals surface area contributed by atoms with E-state index in [1.807, 2.05) is 31.6 Å². The zero-order chi connectivity index (χ0) is 24.5. The van der Waals surface area contributed by atoms with Crippen LogP contribution in [0.5, 0.6) is 0 Å². The van der Waals surface area contributed by atoms with Crippen molar-refractivity contribution in [2.75, 3.05) is 0 Å². The molecule has 0 spiro atoms. The van der Waals surface area contributed by atoms with E-state index in [-0.39, 0.29) is 36.9 Å². The number of hydrogen-bond donors (Lipinski definition) is 0. The second-order valence-corrected chi connectivity index (χ2v) is 10.5. The number of aromatic nitrogens is 6. The van der Waals surface area contributed by atoms with Gasteiger partial charge in [-0.3, -0.25) is 4.68 Å². The summed E-state index contributed by atoms with van der Waals surface area (Å²) in [6.45, 7) is 5.77. The average Bonchev–Trinajstić information content (AvgIpc) is 3.48. The van der Waals surface area contributed by atoms with Crippen LogP contribution in [-0.4, -0.2) is 42.0 Å². The van der Waals surface area contributed by atoms with Crippen molar-refractivity contribution >= 4 is 11.2 Å². The van der Waals surface area contributed by atoms with Gasteiger partial charge in [-0.2, -0.15) is 18.3 Å². The largest absolute Gasteiger partial charge is 0.391 e. The number of hydrogen-bond acceptors (Lipinski definition) is 6. The lowest BCUT2D eigenvalue weighted by atomic mass is 9.72. The Bertz CT molecular complexity index is 1260. The van der Waals surface area contributed by atoms with Crippen molar-refractivity contribution in [3.05, 3.63) is 40.9 Å². The van der Waals surface area contributed by atoms with Gasteiger partial charge >= 0.3 is 6.18 Å². The molecule has 3 aliphatic rings. The van der Waals surface area contributed by atoms with Gasteiger partial charge < -0.3 is 4.74 Å². The van der Waals surface area contributed by atoms with Gasteiger partial charge in [-0.1, -0.05) is 0 Å². The van der Waals surface area contributed by atoms with E-state index in [4.69, 9.17) is 14.7 Å². The lowest BCUT2D eigenvalue weighted by molar-refractivity contribution is -0.197. The van der Waals surface area contributed by atoms with E-state index in [0.29, 0.717) is 35.1 Å². The minimum absolute atomic E-state index is 0.00470. The molecule has 3 fully saturated rings. The topological polar surface area (TPSA) is 78.6 Å². The molecule has 186 valence electrons. The normalized spacial score (nSPS) is 29.4. The number of nitrogens with zero attached hydrogens (tertiary/aromatic N) is 6. The van der Waals surface area contributed by atoms with Crippen molar-refractivity contribution in [2.24, 2.45) is 5.92 Å². The van der Waals surface area contributed by atoms with Crippen LogP contribution in [0.4, 0.5) is 13.2 Å². The van der Waals surface area contributed by atoms with Gasteiger partial charge in [-0.25, -0.2) is 19.9 Å². The first-order valence-electron chi connectivity index (χ1n) is 12.4. The Kier molecular flexibility index (Phi) is 5.36. The fraction of sp³-hybridized carbons (Fsp3) is 0.640. The second-order valence-electron chi connectivity index (χ2n) is 10.5. The molecule has 7 nitrogen and oxygen atoms in total. The number of halogens is 3. The highest BCUT2D eigenvalue weighted by Crippen LogP contribution is 2.50. The van der Waals surface area contributed by atoms with E-state index >= 15 is 0 Å². The van der Waals surface area contributed by atoms with Gasteiger partial charge in [0.15, 0.2) is 5.65 Å². The third-order valence-electron chi connectivity index (χ3n) is 7.77. The molecule has 0 amide bonds. The van der Waals surface area contributed by atoms with Crippen LogP contribution in [0.25, 0.3) is 11.2 Å². The van der Waals surface area contributed by atoms with E-state index < -0.39 is 12.1 Å². The van der Waals surface area contributed by atoms with Gasteiger partial charge in [0.2, 0.25) is 0 Å². The molecule has 0 N–H and O–H groups in total. The Morgan fingerprint density at radius 2 is 1.69 bits per heavy atom. The summed E-state index contributed by atoms with van der Waals surface area (Å²) < 4.78 is 47.9. The molecular formula is C25H29F3N6O. The maximum absolute atomic E-state index is 13.2. The van der Waals surface area contributed by atoms with E-state index in [0.717, 1.165) is 36.2 Å². The summed E-state index contributed by atoms with van der Waals surface area (Å²) in [5.41, 5.74) is 4.17. The minimum atomic E-state index is -4.17. The van der Waals surface area contributed by atoms with Crippen LogP contribution in [0.2, 0.25) is 0 Å². The third-order valence-corrected chi connectivity index (χ3v) is 7.77. The van der Waals surface area contributed by atoms with Crippen LogP contribution in [0.15, 0.2) is 12.4 Å². The minimum Gasteiger partial charge on any atom is -0.370 e. The highest BCUT2D eigenvalue weighted by Gasteiger charge is 2.49. The van der Waals surface area contributed by atoms with Crippen molar-refractivity contribution in [1.82, 2.24) is 29.7 Å². The van der Waals surface area contributed by atoms with E-state index in [1.165, 1.54) is 0 Å². The summed E-state index contributed by atoms with van der Waals surface area (Å²) in [4.78, 5) is 19.0. The summed E-state index contributed by atoms with van der Waals surface area (Å²) in [6.07, 6.45) is 3.50. The fourth-order valence-corrected chi connectivity index (χ4v) is 5.36.